The van der Waals surface area contributed by atoms with Gasteiger partial charge in [0, 0.05) is 13.1 Å². The molecule has 2 rings (SSSR count). The van der Waals surface area contributed by atoms with Crippen LogP contribution in [-0.4, -0.2) is 35.5 Å². The lowest BCUT2D eigenvalue weighted by molar-refractivity contribution is 0.0711. The quantitative estimate of drug-likeness (QED) is 0.715. The molecule has 6 nitrogen and oxygen atoms in total. The van der Waals surface area contributed by atoms with Crippen LogP contribution in [0.2, 0.25) is 0 Å². The molecule has 1 aliphatic rings. The Bertz CT molecular complexity index is 447. The molecule has 0 unspecified atom stereocenters. The van der Waals surface area contributed by atoms with Gasteiger partial charge in [-0.2, -0.15) is 5.10 Å². The molecule has 0 spiro atoms. The number of aliphatic hydroxyl groups excluding tert-OH is 1. The highest BCUT2D eigenvalue weighted by Crippen LogP contribution is 2.21. The monoisotopic (exact) mass is 231 g/mol. The van der Waals surface area contributed by atoms with Crippen molar-refractivity contribution < 1.29 is 13.5 Å². The molecule has 0 bridgehead atoms. The van der Waals surface area contributed by atoms with Crippen molar-refractivity contribution in [3.8, 4) is 0 Å². The molecule has 15 heavy (non-hydrogen) atoms. The Balaban J connectivity index is 2.11. The van der Waals surface area contributed by atoms with Gasteiger partial charge in [-0.3, -0.25) is 4.68 Å². The van der Waals surface area contributed by atoms with Crippen molar-refractivity contribution >= 4 is 10.0 Å². The van der Waals surface area contributed by atoms with Crippen LogP contribution in [0, 0.1) is 0 Å². The summed E-state index contributed by atoms with van der Waals surface area (Å²) in [6, 6.07) is 1.29. The van der Waals surface area contributed by atoms with Crippen molar-refractivity contribution in [3.63, 3.8) is 0 Å². The van der Waals surface area contributed by atoms with E-state index >= 15 is 0 Å². The van der Waals surface area contributed by atoms with E-state index in [-0.39, 0.29) is 17.2 Å². The molecule has 7 heteroatoms. The highest BCUT2D eigenvalue weighted by molar-refractivity contribution is 7.89. The molecule has 2 N–H and O–H groups in total. The molecule has 1 aromatic heterocycles. The third-order valence-electron chi connectivity index (χ3n) is 2.49. The molecule has 1 heterocycles. The summed E-state index contributed by atoms with van der Waals surface area (Å²) in [4.78, 5) is 0. The summed E-state index contributed by atoms with van der Waals surface area (Å²) in [5.41, 5.74) is 0. The minimum atomic E-state index is -3.49. The first-order chi connectivity index (χ1) is 6.99. The van der Waals surface area contributed by atoms with E-state index < -0.39 is 10.0 Å². The van der Waals surface area contributed by atoms with Crippen molar-refractivity contribution in [3.05, 3.63) is 12.3 Å². The van der Waals surface area contributed by atoms with E-state index in [4.69, 9.17) is 5.11 Å². The number of hydrogen-bond acceptors (Lipinski definition) is 4. The Hall–Kier alpha value is -0.920. The molecule has 0 aliphatic heterocycles. The molecule has 0 amide bonds. The number of rotatable bonds is 3. The average molecular weight is 231 g/mol. The zero-order valence-electron chi connectivity index (χ0n) is 8.29. The van der Waals surface area contributed by atoms with Gasteiger partial charge in [-0.15, -0.1) is 0 Å². The standard InChI is InChI=1S/C8H13N3O3S/c1-11-8(2-3-9-11)15(13,14)10-6-4-7(12)5-6/h2-3,6-7,10,12H,4-5H2,1H3. The zero-order chi connectivity index (χ0) is 11.1. The highest BCUT2D eigenvalue weighted by atomic mass is 32.2. The van der Waals surface area contributed by atoms with E-state index in [2.05, 4.69) is 9.82 Å². The molecule has 0 saturated heterocycles. The average Bonchev–Trinajstić information content (AvgIpc) is 2.48. The third-order valence-corrected chi connectivity index (χ3v) is 4.08. The van der Waals surface area contributed by atoms with Crippen molar-refractivity contribution in [2.75, 3.05) is 0 Å². The second-order valence-electron chi connectivity index (χ2n) is 3.74. The molecule has 84 valence electrons. The van der Waals surface area contributed by atoms with Crippen LogP contribution in [0.15, 0.2) is 17.3 Å². The molecule has 1 fully saturated rings. The molecule has 1 aromatic rings. The van der Waals surface area contributed by atoms with Gasteiger partial charge in [0.1, 0.15) is 0 Å². The van der Waals surface area contributed by atoms with Crippen LogP contribution in [0.4, 0.5) is 0 Å². The zero-order valence-corrected chi connectivity index (χ0v) is 9.11. The third kappa shape index (κ3) is 2.04. The molecule has 0 aromatic carbocycles. The summed E-state index contributed by atoms with van der Waals surface area (Å²) in [5.74, 6) is 0. The number of sulfonamides is 1. The summed E-state index contributed by atoms with van der Waals surface area (Å²) in [7, 11) is -1.92. The van der Waals surface area contributed by atoms with Crippen LogP contribution in [0.5, 0.6) is 0 Å². The largest absolute Gasteiger partial charge is 0.393 e. The van der Waals surface area contributed by atoms with Gasteiger partial charge in [0.25, 0.3) is 10.0 Å². The fourth-order valence-corrected chi connectivity index (χ4v) is 2.98. The number of aromatic nitrogens is 2. The second-order valence-corrected chi connectivity index (χ2v) is 5.40. The van der Waals surface area contributed by atoms with E-state index in [0.717, 1.165) is 0 Å². The Kier molecular flexibility index (Phi) is 2.53. The van der Waals surface area contributed by atoms with Gasteiger partial charge >= 0.3 is 0 Å². The van der Waals surface area contributed by atoms with Crippen molar-refractivity contribution in [2.45, 2.75) is 30.0 Å². The predicted octanol–water partition coefficient (Wildman–Crippen LogP) is -0.778. The Morgan fingerprint density at radius 2 is 2.27 bits per heavy atom. The first kappa shape index (κ1) is 10.6. The van der Waals surface area contributed by atoms with Crippen LogP contribution < -0.4 is 4.72 Å². The molecule has 1 aliphatic carbocycles. The number of nitrogens with one attached hydrogen (secondary N) is 1. The summed E-state index contributed by atoms with van der Waals surface area (Å²) >= 11 is 0. The van der Waals surface area contributed by atoms with Gasteiger partial charge in [-0.1, -0.05) is 0 Å². The fourth-order valence-electron chi connectivity index (χ4n) is 1.59. The summed E-state index contributed by atoms with van der Waals surface area (Å²) in [6.07, 6.45) is 2.03. The fraction of sp³-hybridized carbons (Fsp3) is 0.625. The number of aryl methyl sites for hydroxylation is 1. The Labute approximate surface area is 88.0 Å². The minimum Gasteiger partial charge on any atom is -0.393 e. The maximum Gasteiger partial charge on any atom is 0.257 e. The van der Waals surface area contributed by atoms with Gasteiger partial charge in [0.15, 0.2) is 5.03 Å². The SMILES string of the molecule is Cn1nccc1S(=O)(=O)NC1CC(O)C1. The molecular formula is C8H13N3O3S. The van der Waals surface area contributed by atoms with Crippen LogP contribution >= 0.6 is 0 Å². The second kappa shape index (κ2) is 3.58. The van der Waals surface area contributed by atoms with Gasteiger partial charge < -0.3 is 5.11 Å². The lowest BCUT2D eigenvalue weighted by atomic mass is 9.91. The maximum atomic E-state index is 11.8. The van der Waals surface area contributed by atoms with E-state index in [1.54, 1.807) is 7.05 Å². The van der Waals surface area contributed by atoms with Crippen LogP contribution in [0.3, 0.4) is 0 Å². The van der Waals surface area contributed by atoms with Crippen LogP contribution in [0.25, 0.3) is 0 Å². The molecular weight excluding hydrogens is 218 g/mol. The lowest BCUT2D eigenvalue weighted by Gasteiger charge is -2.31. The Morgan fingerprint density at radius 3 is 2.73 bits per heavy atom. The predicted molar refractivity (Wildman–Crippen MR) is 52.6 cm³/mol. The number of hydrogen-bond donors (Lipinski definition) is 2. The van der Waals surface area contributed by atoms with E-state index in [1.165, 1.54) is 16.9 Å². The van der Waals surface area contributed by atoms with Crippen LogP contribution in [-0.2, 0) is 17.1 Å². The summed E-state index contributed by atoms with van der Waals surface area (Å²) in [5, 5.41) is 13.0. The molecule has 0 atom stereocenters. The smallest absolute Gasteiger partial charge is 0.257 e. The highest BCUT2D eigenvalue weighted by Gasteiger charge is 2.32. The molecule has 1 saturated carbocycles. The van der Waals surface area contributed by atoms with Gasteiger partial charge in [0.05, 0.1) is 12.3 Å². The number of aliphatic hydroxyl groups is 1. The van der Waals surface area contributed by atoms with E-state index in [0.29, 0.717) is 12.8 Å². The van der Waals surface area contributed by atoms with Crippen molar-refractivity contribution in [1.29, 1.82) is 0 Å². The minimum absolute atomic E-state index is 0.142. The molecule has 0 radical (unpaired) electrons. The maximum absolute atomic E-state index is 11.8. The first-order valence-corrected chi connectivity index (χ1v) is 6.16. The number of nitrogens with zero attached hydrogens (tertiary/aromatic N) is 2. The first-order valence-electron chi connectivity index (χ1n) is 4.67. The summed E-state index contributed by atoms with van der Waals surface area (Å²) in [6.45, 7) is 0. The Morgan fingerprint density at radius 1 is 1.60 bits per heavy atom. The van der Waals surface area contributed by atoms with Gasteiger partial charge in [-0.05, 0) is 18.9 Å². The summed E-state index contributed by atoms with van der Waals surface area (Å²) < 4.78 is 27.4. The van der Waals surface area contributed by atoms with Gasteiger partial charge in [-0.25, -0.2) is 13.1 Å². The van der Waals surface area contributed by atoms with E-state index in [9.17, 15) is 8.42 Å². The topological polar surface area (TPSA) is 84.2 Å². The lowest BCUT2D eigenvalue weighted by Crippen LogP contribution is -2.46. The van der Waals surface area contributed by atoms with E-state index in [1.807, 2.05) is 0 Å². The van der Waals surface area contributed by atoms with Gasteiger partial charge in [0.2, 0.25) is 0 Å². The normalized spacial score (nSPS) is 26.3. The van der Waals surface area contributed by atoms with Crippen molar-refractivity contribution in [1.82, 2.24) is 14.5 Å². The van der Waals surface area contributed by atoms with Crippen molar-refractivity contribution in [2.24, 2.45) is 7.05 Å². The van der Waals surface area contributed by atoms with Crippen LogP contribution in [0.1, 0.15) is 12.8 Å².